The molecule has 0 fully saturated rings. The van der Waals surface area contributed by atoms with Crippen LogP contribution in [0.4, 0.5) is 13.2 Å². The van der Waals surface area contributed by atoms with Gasteiger partial charge in [0.1, 0.15) is 5.60 Å². The first-order valence-electron chi connectivity index (χ1n) is 5.89. The Bertz CT molecular complexity index is 586. The monoisotopic (exact) mass is 282 g/mol. The molecule has 1 aromatic heterocycles. The fourth-order valence-electron chi connectivity index (χ4n) is 2.07. The van der Waals surface area contributed by atoms with Crippen molar-refractivity contribution in [3.8, 4) is 0 Å². The zero-order valence-corrected chi connectivity index (χ0v) is 10.4. The molecule has 1 heterocycles. The maximum Gasteiger partial charge on any atom is 0.416 e. The Morgan fingerprint density at radius 2 is 1.70 bits per heavy atom. The van der Waals surface area contributed by atoms with E-state index >= 15 is 0 Å². The summed E-state index contributed by atoms with van der Waals surface area (Å²) in [7, 11) is 0. The van der Waals surface area contributed by atoms with Crippen molar-refractivity contribution in [2.45, 2.75) is 11.8 Å². The summed E-state index contributed by atoms with van der Waals surface area (Å²) in [5, 5.41) is 10.6. The molecule has 1 aromatic carbocycles. The number of hydrogen-bond acceptors (Lipinski definition) is 3. The normalized spacial score (nSPS) is 14.8. The van der Waals surface area contributed by atoms with Crippen LogP contribution in [0, 0.1) is 0 Å². The van der Waals surface area contributed by atoms with Crippen LogP contribution in [0.3, 0.4) is 0 Å². The van der Waals surface area contributed by atoms with Gasteiger partial charge < -0.3 is 10.8 Å². The lowest BCUT2D eigenvalue weighted by molar-refractivity contribution is -0.140. The SMILES string of the molecule is NCC(O)(c1ccccc1)c1cnccc1C(F)(F)F. The van der Waals surface area contributed by atoms with E-state index < -0.39 is 17.3 Å². The number of aliphatic hydroxyl groups is 1. The number of benzene rings is 1. The number of nitrogens with zero attached hydrogens (tertiary/aromatic N) is 1. The summed E-state index contributed by atoms with van der Waals surface area (Å²) in [4.78, 5) is 3.68. The molecule has 3 N–H and O–H groups in total. The first-order chi connectivity index (χ1) is 9.39. The molecule has 0 spiro atoms. The molecule has 1 atom stereocenters. The van der Waals surface area contributed by atoms with E-state index in [1.54, 1.807) is 18.2 Å². The number of hydrogen-bond donors (Lipinski definition) is 2. The second kappa shape index (κ2) is 5.22. The van der Waals surface area contributed by atoms with Crippen LogP contribution in [0.1, 0.15) is 16.7 Å². The molecular formula is C14H13F3N2O. The van der Waals surface area contributed by atoms with Crippen LogP contribution in [0.5, 0.6) is 0 Å². The van der Waals surface area contributed by atoms with Crippen molar-refractivity contribution in [1.82, 2.24) is 4.98 Å². The molecule has 1 unspecified atom stereocenters. The number of halogens is 3. The van der Waals surface area contributed by atoms with E-state index in [2.05, 4.69) is 4.98 Å². The third-order valence-electron chi connectivity index (χ3n) is 3.12. The van der Waals surface area contributed by atoms with Gasteiger partial charge in [-0.1, -0.05) is 30.3 Å². The highest BCUT2D eigenvalue weighted by atomic mass is 19.4. The van der Waals surface area contributed by atoms with E-state index in [0.29, 0.717) is 5.56 Å². The van der Waals surface area contributed by atoms with Crippen LogP contribution >= 0.6 is 0 Å². The highest BCUT2D eigenvalue weighted by molar-refractivity contribution is 5.41. The molecule has 2 rings (SSSR count). The van der Waals surface area contributed by atoms with Crippen LogP contribution in [0.25, 0.3) is 0 Å². The van der Waals surface area contributed by atoms with Gasteiger partial charge in [0.15, 0.2) is 0 Å². The third-order valence-corrected chi connectivity index (χ3v) is 3.12. The maximum atomic E-state index is 13.1. The smallest absolute Gasteiger partial charge is 0.379 e. The molecule has 2 aromatic rings. The number of pyridine rings is 1. The number of alkyl halides is 3. The first-order valence-corrected chi connectivity index (χ1v) is 5.89. The first kappa shape index (κ1) is 14.5. The van der Waals surface area contributed by atoms with Crippen LogP contribution in [0.2, 0.25) is 0 Å². The average Bonchev–Trinajstić information content (AvgIpc) is 2.46. The minimum atomic E-state index is -4.59. The van der Waals surface area contributed by atoms with Crippen molar-refractivity contribution in [3.63, 3.8) is 0 Å². The number of rotatable bonds is 3. The van der Waals surface area contributed by atoms with Gasteiger partial charge in [-0.3, -0.25) is 4.98 Å². The zero-order valence-electron chi connectivity index (χ0n) is 10.4. The fraction of sp³-hybridized carbons (Fsp3) is 0.214. The van der Waals surface area contributed by atoms with Gasteiger partial charge in [-0.25, -0.2) is 0 Å². The Morgan fingerprint density at radius 1 is 1.05 bits per heavy atom. The highest BCUT2D eigenvalue weighted by Crippen LogP contribution is 2.38. The molecular weight excluding hydrogens is 269 g/mol. The maximum absolute atomic E-state index is 13.1. The number of aromatic nitrogens is 1. The van der Waals surface area contributed by atoms with Gasteiger partial charge in [-0.05, 0) is 11.6 Å². The molecule has 0 amide bonds. The lowest BCUT2D eigenvalue weighted by Crippen LogP contribution is -2.38. The zero-order chi connectivity index (χ0) is 14.8. The molecule has 20 heavy (non-hydrogen) atoms. The van der Waals surface area contributed by atoms with Gasteiger partial charge in [-0.2, -0.15) is 13.2 Å². The summed E-state index contributed by atoms with van der Waals surface area (Å²) >= 11 is 0. The topological polar surface area (TPSA) is 59.1 Å². The van der Waals surface area contributed by atoms with Crippen molar-refractivity contribution < 1.29 is 18.3 Å². The lowest BCUT2D eigenvalue weighted by atomic mass is 9.84. The van der Waals surface area contributed by atoms with Gasteiger partial charge in [-0.15, -0.1) is 0 Å². The molecule has 0 saturated heterocycles. The van der Waals surface area contributed by atoms with E-state index in [1.807, 2.05) is 0 Å². The summed E-state index contributed by atoms with van der Waals surface area (Å²) in [5.41, 5.74) is 2.61. The third kappa shape index (κ3) is 2.52. The molecule has 0 saturated carbocycles. The average molecular weight is 282 g/mol. The second-order valence-corrected chi connectivity index (χ2v) is 4.35. The van der Waals surface area contributed by atoms with Crippen molar-refractivity contribution in [1.29, 1.82) is 0 Å². The Morgan fingerprint density at radius 3 is 2.25 bits per heavy atom. The summed E-state index contributed by atoms with van der Waals surface area (Å²) in [6, 6.07) is 8.84. The molecule has 0 radical (unpaired) electrons. The van der Waals surface area contributed by atoms with E-state index in [0.717, 1.165) is 18.5 Å². The van der Waals surface area contributed by atoms with Crippen LogP contribution in [-0.4, -0.2) is 16.6 Å². The molecule has 6 heteroatoms. The van der Waals surface area contributed by atoms with Gasteiger partial charge in [0, 0.05) is 24.5 Å². The van der Waals surface area contributed by atoms with Crippen LogP contribution in [0.15, 0.2) is 48.8 Å². The minimum Gasteiger partial charge on any atom is -0.379 e. The van der Waals surface area contributed by atoms with Gasteiger partial charge in [0.2, 0.25) is 0 Å². The van der Waals surface area contributed by atoms with E-state index in [-0.39, 0.29) is 12.1 Å². The van der Waals surface area contributed by atoms with Gasteiger partial charge in [0.25, 0.3) is 0 Å². The Hall–Kier alpha value is -1.92. The standard InChI is InChI=1S/C14H13F3N2O/c15-14(16,17)11-6-7-19-8-12(11)13(20,9-18)10-4-2-1-3-5-10/h1-8,20H,9,18H2. The van der Waals surface area contributed by atoms with Crippen molar-refractivity contribution in [2.24, 2.45) is 5.73 Å². The van der Waals surface area contributed by atoms with E-state index in [1.165, 1.54) is 12.1 Å². The highest BCUT2D eigenvalue weighted by Gasteiger charge is 2.41. The van der Waals surface area contributed by atoms with Gasteiger partial charge in [0.05, 0.1) is 5.56 Å². The summed E-state index contributed by atoms with van der Waals surface area (Å²) in [6.45, 7) is -0.383. The molecule has 0 aliphatic carbocycles. The summed E-state index contributed by atoms with van der Waals surface area (Å²) < 4.78 is 39.2. The number of nitrogens with two attached hydrogens (primary N) is 1. The molecule has 0 bridgehead atoms. The minimum absolute atomic E-state index is 0.293. The van der Waals surface area contributed by atoms with E-state index in [9.17, 15) is 18.3 Å². The van der Waals surface area contributed by atoms with Crippen molar-refractivity contribution >= 4 is 0 Å². The van der Waals surface area contributed by atoms with Gasteiger partial charge >= 0.3 is 6.18 Å². The predicted octanol–water partition coefficient (Wildman–Crippen LogP) is 2.30. The quantitative estimate of drug-likeness (QED) is 0.908. The lowest BCUT2D eigenvalue weighted by Gasteiger charge is -2.29. The fourth-order valence-corrected chi connectivity index (χ4v) is 2.07. The summed E-state index contributed by atoms with van der Waals surface area (Å²) in [6.07, 6.45) is -2.55. The predicted molar refractivity (Wildman–Crippen MR) is 67.7 cm³/mol. The summed E-state index contributed by atoms with van der Waals surface area (Å²) in [5.74, 6) is 0. The van der Waals surface area contributed by atoms with Crippen LogP contribution < -0.4 is 5.73 Å². The molecule has 0 aliphatic rings. The molecule has 3 nitrogen and oxygen atoms in total. The molecule has 106 valence electrons. The second-order valence-electron chi connectivity index (χ2n) is 4.35. The Labute approximate surface area is 113 Å². The van der Waals surface area contributed by atoms with Crippen molar-refractivity contribution in [3.05, 3.63) is 65.5 Å². The van der Waals surface area contributed by atoms with Crippen molar-refractivity contribution in [2.75, 3.05) is 6.54 Å². The largest absolute Gasteiger partial charge is 0.416 e. The Kier molecular flexibility index (Phi) is 3.78. The Balaban J connectivity index is 2.64. The van der Waals surface area contributed by atoms with E-state index in [4.69, 9.17) is 5.73 Å². The van der Waals surface area contributed by atoms with Crippen LogP contribution in [-0.2, 0) is 11.8 Å². The molecule has 0 aliphatic heterocycles.